The molecule has 8 heteroatoms. The van der Waals surface area contributed by atoms with Gasteiger partial charge in [0.15, 0.2) is 5.76 Å². The van der Waals surface area contributed by atoms with E-state index in [9.17, 15) is 4.79 Å². The number of hydrogen-bond acceptors (Lipinski definition) is 8. The molecule has 0 aliphatic heterocycles. The van der Waals surface area contributed by atoms with Crippen LogP contribution in [0.2, 0.25) is 0 Å². The quantitative estimate of drug-likeness (QED) is 0.511. The van der Waals surface area contributed by atoms with Crippen LogP contribution in [0.5, 0.6) is 0 Å². The van der Waals surface area contributed by atoms with Crippen molar-refractivity contribution in [3.8, 4) is 11.5 Å². The Labute approximate surface area is 147 Å². The van der Waals surface area contributed by atoms with Gasteiger partial charge in [-0.15, -0.1) is 0 Å². The average Bonchev–Trinajstić information content (AvgIpc) is 3.35. The Hall–Kier alpha value is -3.42. The highest BCUT2D eigenvalue weighted by Gasteiger charge is 2.22. The predicted molar refractivity (Wildman–Crippen MR) is 89.3 cm³/mol. The van der Waals surface area contributed by atoms with E-state index in [1.165, 1.54) is 6.26 Å². The number of hydrogen-bond donors (Lipinski definition) is 0. The molecular weight excluding hydrogens is 338 g/mol. The summed E-state index contributed by atoms with van der Waals surface area (Å²) in [5.74, 6) is 0.616. The van der Waals surface area contributed by atoms with Crippen LogP contribution < -0.4 is 0 Å². The summed E-state index contributed by atoms with van der Waals surface area (Å²) in [4.78, 5) is 17.1. The zero-order valence-corrected chi connectivity index (χ0v) is 14.4. The maximum absolute atomic E-state index is 12.7. The minimum atomic E-state index is -0.517. The molecule has 4 aromatic heterocycles. The van der Waals surface area contributed by atoms with E-state index in [-0.39, 0.29) is 12.3 Å². The van der Waals surface area contributed by atoms with Gasteiger partial charge in [-0.3, -0.25) is 0 Å². The Morgan fingerprint density at radius 3 is 2.65 bits per heavy atom. The molecule has 8 nitrogen and oxygen atoms in total. The van der Waals surface area contributed by atoms with Crippen molar-refractivity contribution in [1.29, 1.82) is 0 Å². The molecule has 0 amide bonds. The highest BCUT2D eigenvalue weighted by molar-refractivity contribution is 6.04. The molecule has 0 atom stereocenters. The van der Waals surface area contributed by atoms with Crippen molar-refractivity contribution in [2.75, 3.05) is 0 Å². The van der Waals surface area contributed by atoms with E-state index in [4.69, 9.17) is 18.2 Å². The van der Waals surface area contributed by atoms with Gasteiger partial charge in [0.2, 0.25) is 0 Å². The molecule has 0 fully saturated rings. The SMILES string of the molecule is Cc1noc(C)c1COC(=O)c1cc(-c2ccco2)nc2onc(C)c12. The van der Waals surface area contributed by atoms with Gasteiger partial charge in [0.25, 0.3) is 5.71 Å². The first-order chi connectivity index (χ1) is 12.5. The van der Waals surface area contributed by atoms with Gasteiger partial charge < -0.3 is 18.2 Å². The Bertz CT molecular complexity index is 1070. The second-order valence-electron chi connectivity index (χ2n) is 5.86. The Morgan fingerprint density at radius 1 is 1.15 bits per heavy atom. The fourth-order valence-corrected chi connectivity index (χ4v) is 2.73. The molecule has 0 saturated carbocycles. The molecule has 132 valence electrons. The van der Waals surface area contributed by atoms with Crippen LogP contribution in [0.25, 0.3) is 22.6 Å². The largest absolute Gasteiger partial charge is 0.463 e. The van der Waals surface area contributed by atoms with Crippen molar-refractivity contribution >= 4 is 17.1 Å². The molecule has 4 rings (SSSR count). The van der Waals surface area contributed by atoms with Crippen molar-refractivity contribution < 1.29 is 23.0 Å². The van der Waals surface area contributed by atoms with Crippen LogP contribution in [0.15, 0.2) is 37.9 Å². The Morgan fingerprint density at radius 2 is 1.96 bits per heavy atom. The van der Waals surface area contributed by atoms with E-state index in [1.54, 1.807) is 39.0 Å². The van der Waals surface area contributed by atoms with Crippen LogP contribution in [0.3, 0.4) is 0 Å². The van der Waals surface area contributed by atoms with Gasteiger partial charge in [0, 0.05) is 0 Å². The third-order valence-corrected chi connectivity index (χ3v) is 4.14. The van der Waals surface area contributed by atoms with E-state index >= 15 is 0 Å². The molecule has 0 bridgehead atoms. The number of esters is 1. The van der Waals surface area contributed by atoms with Crippen molar-refractivity contribution in [1.82, 2.24) is 15.3 Å². The monoisotopic (exact) mass is 353 g/mol. The molecule has 0 spiro atoms. The van der Waals surface area contributed by atoms with E-state index in [0.717, 1.165) is 5.56 Å². The van der Waals surface area contributed by atoms with Gasteiger partial charge in [-0.25, -0.2) is 9.78 Å². The first kappa shape index (κ1) is 16.1. The maximum Gasteiger partial charge on any atom is 0.339 e. The summed E-state index contributed by atoms with van der Waals surface area (Å²) in [7, 11) is 0. The van der Waals surface area contributed by atoms with Crippen molar-refractivity contribution in [2.45, 2.75) is 27.4 Å². The summed E-state index contributed by atoms with van der Waals surface area (Å²) in [6.45, 7) is 5.37. The van der Waals surface area contributed by atoms with Crippen LogP contribution >= 0.6 is 0 Å². The first-order valence-corrected chi connectivity index (χ1v) is 7.94. The number of fused-ring (bicyclic) bond motifs is 1. The summed E-state index contributed by atoms with van der Waals surface area (Å²) in [6.07, 6.45) is 1.53. The second kappa shape index (κ2) is 6.14. The Kier molecular flexibility index (Phi) is 3.80. The fraction of sp³-hybridized carbons (Fsp3) is 0.222. The van der Waals surface area contributed by atoms with E-state index in [0.29, 0.717) is 39.6 Å². The minimum Gasteiger partial charge on any atom is -0.463 e. The summed E-state index contributed by atoms with van der Waals surface area (Å²) in [5, 5.41) is 8.27. The molecule has 0 aromatic carbocycles. The number of ether oxygens (including phenoxy) is 1. The molecule has 0 radical (unpaired) electrons. The van der Waals surface area contributed by atoms with Gasteiger partial charge in [0.1, 0.15) is 18.1 Å². The number of carbonyl (C=O) groups is 1. The normalized spacial score (nSPS) is 11.2. The molecule has 26 heavy (non-hydrogen) atoms. The van der Waals surface area contributed by atoms with Crippen LogP contribution in [-0.4, -0.2) is 21.3 Å². The van der Waals surface area contributed by atoms with E-state index < -0.39 is 5.97 Å². The van der Waals surface area contributed by atoms with Gasteiger partial charge in [-0.05, 0) is 39.0 Å². The lowest BCUT2D eigenvalue weighted by atomic mass is 10.1. The standard InChI is InChI=1S/C18H15N3O5/c1-9-13(11(3)25-20-9)8-24-18(22)12-7-14(15-5-4-6-23-15)19-17-16(12)10(2)21-26-17/h4-7H,8H2,1-3H3. The number of carbonyl (C=O) groups excluding carboxylic acids is 1. The Balaban J connectivity index is 1.72. The lowest BCUT2D eigenvalue weighted by Gasteiger charge is -2.07. The number of rotatable bonds is 4. The number of nitrogens with zero attached hydrogens (tertiary/aromatic N) is 3. The number of furan rings is 1. The van der Waals surface area contributed by atoms with Crippen LogP contribution in [0, 0.1) is 20.8 Å². The van der Waals surface area contributed by atoms with E-state index in [1.807, 2.05) is 0 Å². The molecule has 0 N–H and O–H groups in total. The molecule has 0 aliphatic rings. The van der Waals surface area contributed by atoms with E-state index in [2.05, 4.69) is 15.3 Å². The van der Waals surface area contributed by atoms with Crippen molar-refractivity contribution in [3.05, 3.63) is 52.7 Å². The first-order valence-electron chi connectivity index (χ1n) is 7.94. The molecule has 4 heterocycles. The topological polar surface area (TPSA) is 104 Å². The summed E-state index contributed by atoms with van der Waals surface area (Å²) in [6, 6.07) is 5.10. The lowest BCUT2D eigenvalue weighted by Crippen LogP contribution is -2.08. The predicted octanol–water partition coefficient (Wildman–Crippen LogP) is 3.75. The van der Waals surface area contributed by atoms with Gasteiger partial charge in [-0.2, -0.15) is 0 Å². The van der Waals surface area contributed by atoms with Crippen LogP contribution in [0.1, 0.15) is 33.1 Å². The summed E-state index contributed by atoms with van der Waals surface area (Å²) < 4.78 is 21.2. The number of aromatic nitrogens is 3. The van der Waals surface area contributed by atoms with Crippen LogP contribution in [0.4, 0.5) is 0 Å². The average molecular weight is 353 g/mol. The smallest absolute Gasteiger partial charge is 0.339 e. The molecule has 0 aliphatic carbocycles. The van der Waals surface area contributed by atoms with Crippen molar-refractivity contribution in [2.24, 2.45) is 0 Å². The zero-order chi connectivity index (χ0) is 18.3. The van der Waals surface area contributed by atoms with Gasteiger partial charge in [0.05, 0.1) is 34.2 Å². The third-order valence-electron chi connectivity index (χ3n) is 4.14. The lowest BCUT2D eigenvalue weighted by molar-refractivity contribution is 0.0473. The molecular formula is C18H15N3O5. The van der Waals surface area contributed by atoms with Crippen LogP contribution in [-0.2, 0) is 11.3 Å². The third kappa shape index (κ3) is 2.65. The fourth-order valence-electron chi connectivity index (χ4n) is 2.73. The minimum absolute atomic E-state index is 0.0598. The van der Waals surface area contributed by atoms with Gasteiger partial charge >= 0.3 is 5.97 Å². The number of aryl methyl sites for hydroxylation is 3. The summed E-state index contributed by atoms with van der Waals surface area (Å²) in [5.41, 5.74) is 3.02. The van der Waals surface area contributed by atoms with Crippen molar-refractivity contribution in [3.63, 3.8) is 0 Å². The highest BCUT2D eigenvalue weighted by Crippen LogP contribution is 2.28. The molecule has 4 aromatic rings. The summed E-state index contributed by atoms with van der Waals surface area (Å²) >= 11 is 0. The number of pyridine rings is 1. The highest BCUT2D eigenvalue weighted by atomic mass is 16.5. The molecule has 0 saturated heterocycles. The molecule has 0 unspecified atom stereocenters. The zero-order valence-electron chi connectivity index (χ0n) is 14.4. The van der Waals surface area contributed by atoms with Gasteiger partial charge in [-0.1, -0.05) is 10.3 Å². The maximum atomic E-state index is 12.7. The second-order valence-corrected chi connectivity index (χ2v) is 5.86.